The third kappa shape index (κ3) is 150. The summed E-state index contributed by atoms with van der Waals surface area (Å²) < 4.78 is 4.40. The van der Waals surface area contributed by atoms with E-state index in [1.807, 2.05) is 0 Å². The van der Waals surface area contributed by atoms with Crippen LogP contribution in [0.15, 0.2) is 0 Å². The molecule has 0 spiro atoms. The number of carbonyl (C=O) groups excluding carboxylic acids is 1. The lowest BCUT2D eigenvalue weighted by molar-refractivity contribution is -0.140. The number of esters is 1. The fourth-order valence-corrected chi connectivity index (χ4v) is 0.203. The maximum absolute atomic E-state index is 9.82. The molecular formula is C7H14Cl6O2. The fourth-order valence-electron chi connectivity index (χ4n) is 0.203. The van der Waals surface area contributed by atoms with E-state index in [0.717, 1.165) is 0 Å². The van der Waals surface area contributed by atoms with Crippen LogP contribution in [-0.4, -0.2) is 28.6 Å². The van der Waals surface area contributed by atoms with Crippen molar-refractivity contribution in [1.29, 1.82) is 0 Å². The average molecular weight is 343 g/mol. The van der Waals surface area contributed by atoms with E-state index in [1.54, 1.807) is 6.92 Å². The molecule has 0 rings (SSSR count). The van der Waals surface area contributed by atoms with Crippen molar-refractivity contribution in [2.45, 2.75) is 13.8 Å². The van der Waals surface area contributed by atoms with Crippen LogP contribution in [0.25, 0.3) is 0 Å². The van der Waals surface area contributed by atoms with E-state index in [-0.39, 0.29) is 22.0 Å². The third-order valence-corrected chi connectivity index (χ3v) is 0.348. The molecule has 0 aliphatic carbocycles. The van der Waals surface area contributed by atoms with Gasteiger partial charge in [-0.25, -0.2) is 0 Å². The fraction of sp³-hybridized carbons (Fsp3) is 0.857. The van der Waals surface area contributed by atoms with Gasteiger partial charge in [0, 0.05) is 6.92 Å². The normalized spacial score (nSPS) is 6.67. The predicted molar refractivity (Wildman–Crippen MR) is 72.0 cm³/mol. The summed E-state index contributed by atoms with van der Waals surface area (Å²) in [5.74, 6) is -0.211. The zero-order valence-corrected chi connectivity index (χ0v) is 12.9. The van der Waals surface area contributed by atoms with Crippen molar-refractivity contribution in [1.82, 2.24) is 0 Å². The van der Waals surface area contributed by atoms with Gasteiger partial charge in [0.2, 0.25) is 0 Å². The van der Waals surface area contributed by atoms with Gasteiger partial charge in [0.15, 0.2) is 0 Å². The Morgan fingerprint density at radius 2 is 1.13 bits per heavy atom. The third-order valence-electron chi connectivity index (χ3n) is 0.348. The second-order valence-corrected chi connectivity index (χ2v) is 3.65. The number of hydrogen-bond acceptors (Lipinski definition) is 2. The molecule has 15 heavy (non-hydrogen) atoms. The highest BCUT2D eigenvalue weighted by Gasteiger charge is 1.81. The molecular weight excluding hydrogens is 329 g/mol. The highest BCUT2D eigenvalue weighted by molar-refractivity contribution is 6.41. The van der Waals surface area contributed by atoms with Crippen LogP contribution in [0.4, 0.5) is 0 Å². The van der Waals surface area contributed by atoms with Crippen LogP contribution in [0.5, 0.6) is 0 Å². The standard InChI is InChI=1S/C4H8O2.3CH2Cl2/c1-3-6-4(2)5;3*2-1-3/h3H2,1-2H3;3*1H2. The summed E-state index contributed by atoms with van der Waals surface area (Å²) in [6.07, 6.45) is 0. The van der Waals surface area contributed by atoms with E-state index in [0.29, 0.717) is 6.61 Å². The topological polar surface area (TPSA) is 26.3 Å². The van der Waals surface area contributed by atoms with E-state index < -0.39 is 0 Å². The first-order valence-corrected chi connectivity index (χ1v) is 6.71. The summed E-state index contributed by atoms with van der Waals surface area (Å²) in [5.41, 5.74) is 0. The first kappa shape index (κ1) is 25.2. The number of hydrogen-bond donors (Lipinski definition) is 0. The van der Waals surface area contributed by atoms with Crippen molar-refractivity contribution in [2.75, 3.05) is 22.6 Å². The van der Waals surface area contributed by atoms with Crippen molar-refractivity contribution in [2.24, 2.45) is 0 Å². The van der Waals surface area contributed by atoms with Gasteiger partial charge in [0.25, 0.3) is 0 Å². The molecule has 0 N–H and O–H groups in total. The van der Waals surface area contributed by atoms with Crippen LogP contribution in [-0.2, 0) is 9.53 Å². The van der Waals surface area contributed by atoms with Gasteiger partial charge >= 0.3 is 5.97 Å². The van der Waals surface area contributed by atoms with Crippen molar-refractivity contribution in [3.8, 4) is 0 Å². The lowest BCUT2D eigenvalue weighted by Gasteiger charge is -1.89. The minimum Gasteiger partial charge on any atom is -0.466 e. The van der Waals surface area contributed by atoms with E-state index in [2.05, 4.69) is 4.74 Å². The molecule has 0 aliphatic rings. The molecule has 0 radical (unpaired) electrons. The lowest BCUT2D eigenvalue weighted by atomic mass is 10.8. The summed E-state index contributed by atoms with van der Waals surface area (Å²) >= 11 is 28.6. The summed E-state index contributed by atoms with van der Waals surface area (Å²) in [5, 5.41) is 0.583. The van der Waals surface area contributed by atoms with E-state index in [9.17, 15) is 4.79 Å². The van der Waals surface area contributed by atoms with E-state index in [4.69, 9.17) is 69.6 Å². The highest BCUT2D eigenvalue weighted by atomic mass is 35.5. The molecule has 0 atom stereocenters. The first-order chi connectivity index (χ1) is 7.01. The van der Waals surface area contributed by atoms with Gasteiger partial charge in [-0.3, -0.25) is 4.79 Å². The molecule has 8 heteroatoms. The second kappa shape index (κ2) is 36.2. The summed E-state index contributed by atoms with van der Waals surface area (Å²) in [6.45, 7) is 3.65. The van der Waals surface area contributed by atoms with Crippen LogP contribution >= 0.6 is 69.6 Å². The van der Waals surface area contributed by atoms with Gasteiger partial charge in [-0.1, -0.05) is 0 Å². The smallest absolute Gasteiger partial charge is 0.302 e. The molecule has 2 nitrogen and oxygen atoms in total. The van der Waals surface area contributed by atoms with Crippen LogP contribution in [0.1, 0.15) is 13.8 Å². The van der Waals surface area contributed by atoms with Gasteiger partial charge in [-0.15, -0.1) is 69.6 Å². The molecule has 0 aromatic heterocycles. The van der Waals surface area contributed by atoms with Gasteiger partial charge in [0.1, 0.15) is 0 Å². The van der Waals surface area contributed by atoms with Gasteiger partial charge in [-0.05, 0) is 6.92 Å². The molecule has 0 bridgehead atoms. The summed E-state index contributed by atoms with van der Waals surface area (Å²) in [6, 6.07) is 0. The molecule has 0 fully saturated rings. The number of rotatable bonds is 1. The summed E-state index contributed by atoms with van der Waals surface area (Å²) in [7, 11) is 0. The van der Waals surface area contributed by atoms with Crippen LogP contribution in [0.3, 0.4) is 0 Å². The van der Waals surface area contributed by atoms with Crippen molar-refractivity contribution < 1.29 is 9.53 Å². The highest BCUT2D eigenvalue weighted by Crippen LogP contribution is 1.73. The van der Waals surface area contributed by atoms with Crippen molar-refractivity contribution in [3.63, 3.8) is 0 Å². The number of halogens is 6. The number of ether oxygens (including phenoxy) is 1. The quantitative estimate of drug-likeness (QED) is 0.503. The Hall–Kier alpha value is 1.21. The van der Waals surface area contributed by atoms with Gasteiger partial charge in [-0.2, -0.15) is 0 Å². The SMILES string of the molecule is CCOC(C)=O.ClCCl.ClCCl.ClCCl. The maximum atomic E-state index is 9.82. The summed E-state index contributed by atoms with van der Waals surface area (Å²) in [4.78, 5) is 9.82. The molecule has 0 amide bonds. The molecule has 0 saturated heterocycles. The zero-order valence-electron chi connectivity index (χ0n) is 8.41. The maximum Gasteiger partial charge on any atom is 0.302 e. The molecule has 0 heterocycles. The Kier molecular flexibility index (Phi) is 60.7. The minimum absolute atomic E-state index is 0.194. The molecule has 0 aromatic carbocycles. The Morgan fingerprint density at radius 3 is 1.13 bits per heavy atom. The first-order valence-electron chi connectivity index (χ1n) is 3.51. The van der Waals surface area contributed by atoms with Crippen LogP contribution < -0.4 is 0 Å². The van der Waals surface area contributed by atoms with Gasteiger partial charge in [0.05, 0.1) is 22.6 Å². The Labute approximate surface area is 121 Å². The molecule has 0 aromatic rings. The Bertz CT molecular complexity index is 88.8. The Morgan fingerprint density at radius 1 is 0.933 bits per heavy atom. The monoisotopic (exact) mass is 340 g/mol. The number of carbonyl (C=O) groups is 1. The zero-order chi connectivity index (χ0) is 13.1. The largest absolute Gasteiger partial charge is 0.466 e. The average Bonchev–Trinajstić information content (AvgIpc) is 2.07. The predicted octanol–water partition coefficient (Wildman–Crippen LogP) is 4.83. The molecule has 0 saturated carbocycles. The lowest BCUT2D eigenvalue weighted by Crippen LogP contribution is -1.95. The van der Waals surface area contributed by atoms with Gasteiger partial charge < -0.3 is 4.74 Å². The van der Waals surface area contributed by atoms with Crippen molar-refractivity contribution in [3.05, 3.63) is 0 Å². The molecule has 0 unspecified atom stereocenters. The van der Waals surface area contributed by atoms with E-state index in [1.165, 1.54) is 6.92 Å². The van der Waals surface area contributed by atoms with E-state index >= 15 is 0 Å². The minimum atomic E-state index is -0.211. The molecule has 96 valence electrons. The van der Waals surface area contributed by atoms with Crippen LogP contribution in [0, 0.1) is 0 Å². The molecule has 0 aliphatic heterocycles. The Balaban J connectivity index is -0.0000000581. The van der Waals surface area contributed by atoms with Crippen LogP contribution in [0.2, 0.25) is 0 Å². The van der Waals surface area contributed by atoms with Crippen molar-refractivity contribution >= 4 is 75.6 Å². The number of alkyl halides is 6. The second-order valence-electron chi connectivity index (χ2n) is 1.23.